The minimum Gasteiger partial charge on any atom is -0.342 e. The van der Waals surface area contributed by atoms with Crippen LogP contribution in [0.15, 0.2) is 24.3 Å². The first-order valence-corrected chi connectivity index (χ1v) is 9.51. The third-order valence-electron chi connectivity index (χ3n) is 6.58. The van der Waals surface area contributed by atoms with Crippen molar-refractivity contribution < 1.29 is 4.79 Å². The van der Waals surface area contributed by atoms with E-state index in [-0.39, 0.29) is 0 Å². The summed E-state index contributed by atoms with van der Waals surface area (Å²) in [5, 5.41) is 0. The molecule has 2 heterocycles. The zero-order valence-corrected chi connectivity index (χ0v) is 14.1. The number of piperidine rings is 1. The monoisotopic (exact) mass is 323 g/mol. The first-order chi connectivity index (χ1) is 11.8. The van der Waals surface area contributed by atoms with Gasteiger partial charge in [-0.3, -0.25) is 4.79 Å². The van der Waals surface area contributed by atoms with Crippen molar-refractivity contribution in [2.75, 3.05) is 13.1 Å². The number of aromatic amines is 1. The minimum absolute atomic E-state index is 0.318. The van der Waals surface area contributed by atoms with E-state index in [4.69, 9.17) is 4.98 Å². The normalized spacial score (nSPS) is 32.6. The summed E-state index contributed by atoms with van der Waals surface area (Å²) in [5.74, 6) is 3.67. The Morgan fingerprint density at radius 2 is 2.08 bits per heavy atom. The summed E-state index contributed by atoms with van der Waals surface area (Å²) in [7, 11) is 0. The predicted octanol–water partition coefficient (Wildman–Crippen LogP) is 3.71. The van der Waals surface area contributed by atoms with Crippen LogP contribution in [0.25, 0.3) is 11.0 Å². The number of rotatable bonds is 2. The van der Waals surface area contributed by atoms with Crippen LogP contribution in [0.4, 0.5) is 0 Å². The second-order valence-corrected chi connectivity index (χ2v) is 8.04. The van der Waals surface area contributed by atoms with Crippen LogP contribution in [0.5, 0.6) is 0 Å². The number of H-pyrrole nitrogens is 1. The average Bonchev–Trinajstić information content (AvgIpc) is 3.35. The molecule has 1 aliphatic heterocycles. The van der Waals surface area contributed by atoms with Gasteiger partial charge in [0.2, 0.25) is 5.91 Å². The number of carbonyl (C=O) groups excluding carboxylic acids is 1. The van der Waals surface area contributed by atoms with E-state index in [9.17, 15) is 4.79 Å². The number of likely N-dealkylation sites (tertiary alicyclic amines) is 1. The summed E-state index contributed by atoms with van der Waals surface area (Å²) in [4.78, 5) is 23.4. The standard InChI is InChI=1S/C20H25N3O/c24-20(16-11-13-7-8-14(16)10-13)23-9-3-4-15(12-23)19-21-17-5-1-2-6-18(17)22-19/h1-2,5-6,13-16H,3-4,7-12H2,(H,21,22). The predicted molar refractivity (Wildman–Crippen MR) is 93.6 cm³/mol. The number of fused-ring (bicyclic) bond motifs is 3. The van der Waals surface area contributed by atoms with Gasteiger partial charge >= 0.3 is 0 Å². The van der Waals surface area contributed by atoms with Crippen molar-refractivity contribution in [1.29, 1.82) is 0 Å². The second-order valence-electron chi connectivity index (χ2n) is 8.04. The van der Waals surface area contributed by atoms with Crippen molar-refractivity contribution in [2.24, 2.45) is 17.8 Å². The molecule has 0 spiro atoms. The maximum atomic E-state index is 13.0. The molecule has 2 bridgehead atoms. The number of nitrogens with one attached hydrogen (secondary N) is 1. The molecule has 2 saturated carbocycles. The number of nitrogens with zero attached hydrogens (tertiary/aromatic N) is 2. The molecule has 2 aromatic rings. The molecule has 3 fully saturated rings. The number of amides is 1. The van der Waals surface area contributed by atoms with Gasteiger partial charge in [-0.25, -0.2) is 4.98 Å². The highest BCUT2D eigenvalue weighted by atomic mass is 16.2. The van der Waals surface area contributed by atoms with Crippen molar-refractivity contribution >= 4 is 16.9 Å². The highest BCUT2D eigenvalue weighted by Crippen LogP contribution is 2.49. The van der Waals surface area contributed by atoms with Gasteiger partial charge in [-0.2, -0.15) is 0 Å². The number of para-hydroxylation sites is 2. The fraction of sp³-hybridized carbons (Fsp3) is 0.600. The molecule has 1 aromatic heterocycles. The Bertz CT molecular complexity index is 734. The Hall–Kier alpha value is -1.84. The topological polar surface area (TPSA) is 49.0 Å². The molecular formula is C20H25N3O. The van der Waals surface area contributed by atoms with Crippen LogP contribution in [0.2, 0.25) is 0 Å². The molecule has 3 aliphatic rings. The Balaban J connectivity index is 1.33. The zero-order chi connectivity index (χ0) is 16.1. The third kappa shape index (κ3) is 2.35. The number of carbonyl (C=O) groups is 1. The smallest absolute Gasteiger partial charge is 0.225 e. The van der Waals surface area contributed by atoms with Gasteiger partial charge < -0.3 is 9.88 Å². The summed E-state index contributed by atoms with van der Waals surface area (Å²) in [6.45, 7) is 1.77. The lowest BCUT2D eigenvalue weighted by Gasteiger charge is -2.35. The van der Waals surface area contributed by atoms with Gasteiger partial charge in [-0.05, 0) is 56.1 Å². The maximum Gasteiger partial charge on any atom is 0.225 e. The lowest BCUT2D eigenvalue weighted by molar-refractivity contribution is -0.138. The number of benzene rings is 1. The van der Waals surface area contributed by atoms with E-state index >= 15 is 0 Å². The minimum atomic E-state index is 0.318. The molecule has 1 saturated heterocycles. The van der Waals surface area contributed by atoms with Crippen molar-refractivity contribution in [2.45, 2.75) is 44.4 Å². The molecule has 4 nitrogen and oxygen atoms in total. The van der Waals surface area contributed by atoms with Gasteiger partial charge in [0.1, 0.15) is 5.82 Å². The van der Waals surface area contributed by atoms with Crippen LogP contribution in [0, 0.1) is 17.8 Å². The van der Waals surface area contributed by atoms with Gasteiger partial charge in [0.05, 0.1) is 11.0 Å². The number of aromatic nitrogens is 2. The molecule has 2 aliphatic carbocycles. The number of hydrogen-bond donors (Lipinski definition) is 1. The fourth-order valence-electron chi connectivity index (χ4n) is 5.35. The molecular weight excluding hydrogens is 298 g/mol. The van der Waals surface area contributed by atoms with Crippen LogP contribution in [0.3, 0.4) is 0 Å². The Morgan fingerprint density at radius 1 is 1.17 bits per heavy atom. The van der Waals surface area contributed by atoms with Crippen LogP contribution >= 0.6 is 0 Å². The van der Waals surface area contributed by atoms with Gasteiger partial charge in [-0.1, -0.05) is 18.6 Å². The fourth-order valence-corrected chi connectivity index (χ4v) is 5.35. The summed E-state index contributed by atoms with van der Waals surface area (Å²) >= 11 is 0. The third-order valence-corrected chi connectivity index (χ3v) is 6.58. The van der Waals surface area contributed by atoms with Crippen LogP contribution in [-0.4, -0.2) is 33.9 Å². The highest BCUT2D eigenvalue weighted by Gasteiger charge is 2.45. The highest BCUT2D eigenvalue weighted by molar-refractivity contribution is 5.80. The van der Waals surface area contributed by atoms with Crippen LogP contribution < -0.4 is 0 Å². The largest absolute Gasteiger partial charge is 0.342 e. The zero-order valence-electron chi connectivity index (χ0n) is 14.1. The molecule has 1 N–H and O–H groups in total. The van der Waals surface area contributed by atoms with Gasteiger partial charge in [0.15, 0.2) is 0 Å². The lowest BCUT2D eigenvalue weighted by Crippen LogP contribution is -2.43. The summed E-state index contributed by atoms with van der Waals surface area (Å²) < 4.78 is 0. The van der Waals surface area contributed by atoms with E-state index in [1.807, 2.05) is 12.1 Å². The van der Waals surface area contributed by atoms with Gasteiger partial charge in [0.25, 0.3) is 0 Å². The van der Waals surface area contributed by atoms with Gasteiger partial charge in [0, 0.05) is 24.9 Å². The summed E-state index contributed by atoms with van der Waals surface area (Å²) in [5.41, 5.74) is 2.13. The molecule has 126 valence electrons. The van der Waals surface area contributed by atoms with E-state index in [2.05, 4.69) is 22.0 Å². The Kier molecular flexibility index (Phi) is 3.39. The first kappa shape index (κ1) is 14.5. The summed E-state index contributed by atoms with van der Waals surface area (Å²) in [6.07, 6.45) is 7.30. The molecule has 5 rings (SSSR count). The maximum absolute atomic E-state index is 13.0. The van der Waals surface area contributed by atoms with E-state index in [1.54, 1.807) is 0 Å². The van der Waals surface area contributed by atoms with Gasteiger partial charge in [-0.15, -0.1) is 0 Å². The average molecular weight is 323 g/mol. The molecule has 1 amide bonds. The van der Waals surface area contributed by atoms with E-state index in [0.29, 0.717) is 23.7 Å². The SMILES string of the molecule is O=C(C1CC2CCC1C2)N1CCCC(c2nc3ccccc3[nH]2)C1. The van der Waals surface area contributed by atoms with E-state index in [1.165, 1.54) is 19.3 Å². The molecule has 4 unspecified atom stereocenters. The van der Waals surface area contributed by atoms with Crippen LogP contribution in [-0.2, 0) is 4.79 Å². The van der Waals surface area contributed by atoms with E-state index < -0.39 is 0 Å². The molecule has 24 heavy (non-hydrogen) atoms. The molecule has 0 radical (unpaired) electrons. The van der Waals surface area contributed by atoms with Crippen molar-refractivity contribution in [3.63, 3.8) is 0 Å². The molecule has 4 atom stereocenters. The quantitative estimate of drug-likeness (QED) is 0.916. The Labute approximate surface area is 142 Å². The van der Waals surface area contributed by atoms with Crippen molar-refractivity contribution in [3.8, 4) is 0 Å². The number of hydrogen-bond acceptors (Lipinski definition) is 2. The first-order valence-electron chi connectivity index (χ1n) is 9.51. The van der Waals surface area contributed by atoms with Crippen molar-refractivity contribution in [1.82, 2.24) is 14.9 Å². The van der Waals surface area contributed by atoms with E-state index in [0.717, 1.165) is 55.1 Å². The summed E-state index contributed by atoms with van der Waals surface area (Å²) in [6, 6.07) is 8.19. The second kappa shape index (κ2) is 5.61. The molecule has 4 heteroatoms. The van der Waals surface area contributed by atoms with Crippen molar-refractivity contribution in [3.05, 3.63) is 30.1 Å². The number of imidazole rings is 1. The lowest BCUT2D eigenvalue weighted by atomic mass is 9.86. The van der Waals surface area contributed by atoms with Crippen LogP contribution in [0.1, 0.15) is 50.3 Å². The Morgan fingerprint density at radius 3 is 2.88 bits per heavy atom. The molecule has 1 aromatic carbocycles.